The number of methoxy groups -OCH3 is 1. The zero-order valence-corrected chi connectivity index (χ0v) is 35.4. The van der Waals surface area contributed by atoms with Gasteiger partial charge in [0.15, 0.2) is 0 Å². The fraction of sp³-hybridized carbons (Fsp3) is 0.0727. The molecule has 65 heavy (non-hydrogen) atoms. The molecule has 2 aliphatic heterocycles. The van der Waals surface area contributed by atoms with Crippen molar-refractivity contribution >= 4 is 57.5 Å². The van der Waals surface area contributed by atoms with E-state index in [9.17, 15) is 14.9 Å². The summed E-state index contributed by atoms with van der Waals surface area (Å²) in [5.41, 5.74) is 15.8. The molecule has 8 aromatic rings. The van der Waals surface area contributed by atoms with Crippen LogP contribution in [-0.2, 0) is 16.0 Å². The van der Waals surface area contributed by atoms with Gasteiger partial charge < -0.3 is 14.7 Å². The summed E-state index contributed by atoms with van der Waals surface area (Å²) >= 11 is 0. The SMILES string of the molecule is COC(=O)C(Cc1ccc([N+](=O)[O-])cc1)NCC1=Cc2nc1c(-c1ccccc1)c1ccc([nH]1)c(-c1ccccc1)c1nc(c(-c3ccccc3)c3ccc([nH]3)c2-c2ccccc2)C=C1. The summed E-state index contributed by atoms with van der Waals surface area (Å²) in [7, 11) is 1.36. The summed E-state index contributed by atoms with van der Waals surface area (Å²) in [4.78, 5) is 43.0. The number of hydrogen-bond donors (Lipinski definition) is 3. The molecule has 0 radical (unpaired) electrons. The van der Waals surface area contributed by atoms with Gasteiger partial charge in [0.1, 0.15) is 6.04 Å². The Bertz CT molecular complexity index is 3310. The van der Waals surface area contributed by atoms with Gasteiger partial charge in [-0.2, -0.15) is 0 Å². The van der Waals surface area contributed by atoms with Crippen molar-refractivity contribution in [3.8, 4) is 44.5 Å². The summed E-state index contributed by atoms with van der Waals surface area (Å²) < 4.78 is 5.30. The number of H-pyrrole nitrogens is 2. The largest absolute Gasteiger partial charge is 0.468 e. The summed E-state index contributed by atoms with van der Waals surface area (Å²) in [5.74, 6) is -0.453. The lowest BCUT2D eigenvalue weighted by molar-refractivity contribution is -0.384. The molecule has 1 atom stereocenters. The Labute approximate surface area is 374 Å². The minimum atomic E-state index is -0.771. The van der Waals surface area contributed by atoms with Gasteiger partial charge in [0.25, 0.3) is 5.69 Å². The summed E-state index contributed by atoms with van der Waals surface area (Å²) in [6.07, 6.45) is 6.54. The van der Waals surface area contributed by atoms with Crippen LogP contribution >= 0.6 is 0 Å². The van der Waals surface area contributed by atoms with E-state index in [2.05, 4.69) is 106 Å². The first-order valence-electron chi connectivity index (χ1n) is 21.4. The van der Waals surface area contributed by atoms with Crippen LogP contribution in [-0.4, -0.2) is 50.5 Å². The van der Waals surface area contributed by atoms with Gasteiger partial charge in [-0.1, -0.05) is 133 Å². The molecule has 10 heteroatoms. The third kappa shape index (κ3) is 8.17. The molecule has 0 saturated heterocycles. The van der Waals surface area contributed by atoms with Crippen LogP contribution in [0.3, 0.4) is 0 Å². The quantitative estimate of drug-likeness (QED) is 0.0669. The van der Waals surface area contributed by atoms with E-state index in [1.807, 2.05) is 72.8 Å². The second-order valence-corrected chi connectivity index (χ2v) is 15.9. The molecule has 0 saturated carbocycles. The number of fused-ring (bicyclic) bond motifs is 8. The maximum absolute atomic E-state index is 13.4. The van der Waals surface area contributed by atoms with Crippen molar-refractivity contribution in [2.45, 2.75) is 12.5 Å². The number of ether oxygens (including phenoxy) is 1. The van der Waals surface area contributed by atoms with Gasteiger partial charge in [0, 0.05) is 63.0 Å². The topological polar surface area (TPSA) is 139 Å². The number of non-ortho nitro benzene ring substituents is 1. The third-order valence-corrected chi connectivity index (χ3v) is 11.8. The first kappa shape index (κ1) is 40.6. The molecule has 3 N–H and O–H groups in total. The molecule has 1 unspecified atom stereocenters. The van der Waals surface area contributed by atoms with Crippen molar-refractivity contribution in [1.82, 2.24) is 25.3 Å². The molecule has 8 bridgehead atoms. The van der Waals surface area contributed by atoms with Gasteiger partial charge in [-0.3, -0.25) is 20.2 Å². The number of carbonyl (C=O) groups excluding carboxylic acids is 1. The van der Waals surface area contributed by atoms with E-state index in [0.29, 0.717) is 0 Å². The number of aromatic amines is 2. The Kier molecular flexibility index (Phi) is 11.1. The highest BCUT2D eigenvalue weighted by molar-refractivity contribution is 6.02. The number of nitro benzene ring substituents is 1. The predicted octanol–water partition coefficient (Wildman–Crippen LogP) is 12.0. The number of rotatable bonds is 11. The van der Waals surface area contributed by atoms with Gasteiger partial charge in [0.2, 0.25) is 0 Å². The molecule has 2 aliphatic rings. The van der Waals surface area contributed by atoms with Gasteiger partial charge in [0.05, 0.1) is 34.8 Å². The highest BCUT2D eigenvalue weighted by Gasteiger charge is 2.25. The van der Waals surface area contributed by atoms with Gasteiger partial charge >= 0.3 is 5.97 Å². The first-order chi connectivity index (χ1) is 31.9. The van der Waals surface area contributed by atoms with Crippen LogP contribution in [0.5, 0.6) is 0 Å². The standard InChI is InChI=1S/C55H42N6O4/c1-65-55(62)49(32-35-22-24-41(25-23-35)61(63)64)56-34-40-33-48-52(38-18-10-4-11-19-38)46-29-28-44(58-46)50(36-14-6-2-7-15-36)42-26-27-43(57-42)51(37-16-8-3-9-17-37)45-30-31-47(59-45)53(54(40)60-48)39-20-12-5-13-21-39/h2-31,33,49,56,58-59H,32,34H2,1H3. The van der Waals surface area contributed by atoms with E-state index in [1.54, 1.807) is 12.1 Å². The van der Waals surface area contributed by atoms with Gasteiger partial charge in [-0.05, 0) is 82.3 Å². The average molecular weight is 851 g/mol. The normalized spacial score (nSPS) is 12.4. The van der Waals surface area contributed by atoms with E-state index < -0.39 is 16.9 Å². The van der Waals surface area contributed by atoms with Crippen LogP contribution in [0.15, 0.2) is 170 Å². The van der Waals surface area contributed by atoms with Crippen LogP contribution in [0.1, 0.15) is 28.3 Å². The highest BCUT2D eigenvalue weighted by Crippen LogP contribution is 2.40. The monoisotopic (exact) mass is 850 g/mol. The Hall–Kier alpha value is -8.47. The van der Waals surface area contributed by atoms with Crippen molar-refractivity contribution in [2.24, 2.45) is 0 Å². The maximum atomic E-state index is 13.4. The zero-order valence-electron chi connectivity index (χ0n) is 35.4. The molecule has 316 valence electrons. The number of benzene rings is 5. The molecular weight excluding hydrogens is 809 g/mol. The number of carbonyl (C=O) groups is 1. The molecule has 0 amide bonds. The fourth-order valence-corrected chi connectivity index (χ4v) is 8.72. The van der Waals surface area contributed by atoms with E-state index in [0.717, 1.165) is 100 Å². The van der Waals surface area contributed by atoms with Crippen LogP contribution < -0.4 is 5.32 Å². The molecule has 5 heterocycles. The fourth-order valence-electron chi connectivity index (χ4n) is 8.72. The molecule has 10 nitrogen and oxygen atoms in total. The minimum Gasteiger partial charge on any atom is -0.468 e. The lowest BCUT2D eigenvalue weighted by Crippen LogP contribution is -2.40. The maximum Gasteiger partial charge on any atom is 0.323 e. The number of esters is 1. The Morgan fingerprint density at radius 2 is 1.02 bits per heavy atom. The lowest BCUT2D eigenvalue weighted by atomic mass is 9.99. The molecule has 0 aliphatic carbocycles. The summed E-state index contributed by atoms with van der Waals surface area (Å²) in [5, 5.41) is 14.9. The van der Waals surface area contributed by atoms with E-state index in [1.165, 1.54) is 19.2 Å². The van der Waals surface area contributed by atoms with Crippen LogP contribution in [0.4, 0.5) is 5.69 Å². The van der Waals surface area contributed by atoms with E-state index >= 15 is 0 Å². The highest BCUT2D eigenvalue weighted by atomic mass is 16.6. The Balaban J connectivity index is 1.27. The van der Waals surface area contributed by atoms with Crippen LogP contribution in [0.25, 0.3) is 90.4 Å². The minimum absolute atomic E-state index is 0.0209. The summed E-state index contributed by atoms with van der Waals surface area (Å²) in [6.45, 7) is 0.240. The summed E-state index contributed by atoms with van der Waals surface area (Å²) in [6, 6.07) is 54.9. The van der Waals surface area contributed by atoms with E-state index in [4.69, 9.17) is 14.7 Å². The number of nitrogens with one attached hydrogen (secondary N) is 3. The van der Waals surface area contributed by atoms with Crippen molar-refractivity contribution in [3.05, 3.63) is 208 Å². The lowest BCUT2D eigenvalue weighted by Gasteiger charge is -2.18. The van der Waals surface area contributed by atoms with Gasteiger partial charge in [-0.25, -0.2) is 9.97 Å². The van der Waals surface area contributed by atoms with E-state index in [-0.39, 0.29) is 18.7 Å². The Morgan fingerprint density at radius 1 is 0.585 bits per heavy atom. The predicted molar refractivity (Wildman–Crippen MR) is 260 cm³/mol. The second kappa shape index (κ2) is 17.7. The van der Waals surface area contributed by atoms with Crippen LogP contribution in [0.2, 0.25) is 0 Å². The third-order valence-electron chi connectivity index (χ3n) is 11.8. The number of aromatic nitrogens is 4. The average Bonchev–Trinajstić information content (AvgIpc) is 4.20. The molecule has 0 spiro atoms. The van der Waals surface area contributed by atoms with Crippen molar-refractivity contribution in [3.63, 3.8) is 0 Å². The van der Waals surface area contributed by atoms with Crippen molar-refractivity contribution < 1.29 is 14.5 Å². The van der Waals surface area contributed by atoms with Crippen LogP contribution in [0, 0.1) is 10.1 Å². The number of nitro groups is 1. The van der Waals surface area contributed by atoms with Gasteiger partial charge in [-0.15, -0.1) is 0 Å². The number of hydrogen-bond acceptors (Lipinski definition) is 7. The van der Waals surface area contributed by atoms with Crippen molar-refractivity contribution in [1.29, 1.82) is 0 Å². The second-order valence-electron chi connectivity index (χ2n) is 15.9. The molecule has 0 fully saturated rings. The molecule has 3 aromatic heterocycles. The number of nitrogens with zero attached hydrogens (tertiary/aromatic N) is 3. The molecular formula is C55H42N6O4. The Morgan fingerprint density at radius 3 is 1.46 bits per heavy atom. The molecule has 10 rings (SSSR count). The zero-order chi connectivity index (χ0) is 44.3. The van der Waals surface area contributed by atoms with Crippen molar-refractivity contribution in [2.75, 3.05) is 13.7 Å². The smallest absolute Gasteiger partial charge is 0.323 e. The first-order valence-corrected chi connectivity index (χ1v) is 21.4. The molecule has 5 aromatic carbocycles.